The molecule has 0 saturated heterocycles. The van der Waals surface area contributed by atoms with Crippen LogP contribution in [0.4, 0.5) is 0 Å². The third kappa shape index (κ3) is 20.8. The van der Waals surface area contributed by atoms with Gasteiger partial charge in [0, 0.05) is 38.0 Å². The number of carbonyl (C=O) groups excluding carboxylic acids is 4. The van der Waals surface area contributed by atoms with E-state index in [-0.39, 0.29) is 68.2 Å². The van der Waals surface area contributed by atoms with Crippen molar-refractivity contribution in [3.05, 3.63) is 108 Å². The molecule has 3 rings (SSSR count). The van der Waals surface area contributed by atoms with Crippen molar-refractivity contribution in [3.63, 3.8) is 0 Å². The number of amides is 2. The highest BCUT2D eigenvalue weighted by molar-refractivity contribution is 7.89. The molecule has 6 N–H and O–H groups in total. The first-order chi connectivity index (χ1) is 31.1. The molecule has 4 atom stereocenters. The van der Waals surface area contributed by atoms with Crippen molar-refractivity contribution in [1.82, 2.24) is 19.2 Å². The predicted octanol–water partition coefficient (Wildman–Crippen LogP) is 5.15. The van der Waals surface area contributed by atoms with Gasteiger partial charge in [0.2, 0.25) is 31.9 Å². The molecular weight excluding hydrogens is 865 g/mol. The predicted molar refractivity (Wildman–Crippen MR) is 258 cm³/mol. The fraction of sp³-hybridized carbons (Fsp3) is 0.551. The van der Waals surface area contributed by atoms with E-state index in [0.717, 1.165) is 45.4 Å². The Morgan fingerprint density at radius 1 is 0.631 bits per heavy atom. The maximum absolute atomic E-state index is 14.4. The first-order valence-corrected chi connectivity index (χ1v) is 26.4. The van der Waals surface area contributed by atoms with Gasteiger partial charge in [-0.1, -0.05) is 131 Å². The number of Topliss-reactive ketones (excluding diaryl/α,β-unsaturated/α-hetero) is 2. The number of benzene rings is 3. The smallest absolute Gasteiger partial charge is 0.235 e. The second-order valence-corrected chi connectivity index (χ2v) is 21.2. The Kier molecular flexibility index (Phi) is 24.8. The Hall–Kier alpha value is -4.32. The number of hydrogen-bond acceptors (Lipinski definition) is 10. The van der Waals surface area contributed by atoms with Crippen molar-refractivity contribution in [2.24, 2.45) is 23.3 Å². The molecule has 0 aromatic heterocycles. The summed E-state index contributed by atoms with van der Waals surface area (Å²) in [7, 11) is -8.14. The van der Waals surface area contributed by atoms with Gasteiger partial charge in [-0.15, -0.1) is 0 Å². The summed E-state index contributed by atoms with van der Waals surface area (Å²) in [4.78, 5) is 54.8. The van der Waals surface area contributed by atoms with E-state index >= 15 is 0 Å². The fourth-order valence-electron chi connectivity index (χ4n) is 7.99. The molecule has 3 aromatic carbocycles. The largest absolute Gasteiger partial charge is 0.351 e. The lowest BCUT2D eigenvalue weighted by Crippen LogP contribution is -2.53. The molecule has 0 aliphatic heterocycles. The molecule has 360 valence electrons. The molecule has 0 heterocycles. The number of nitrogens with two attached hydrogens (primary N) is 2. The summed E-state index contributed by atoms with van der Waals surface area (Å²) in [5.74, 6) is -3.23. The quantitative estimate of drug-likeness (QED) is 0.0577. The van der Waals surface area contributed by atoms with Crippen LogP contribution in [0, 0.1) is 11.8 Å². The first kappa shape index (κ1) is 55.0. The average molecular weight is 939 g/mol. The SMILES string of the molecule is CCCCCCC(CC)C(=O)NC(Cc1ccccc1)CN(CC(=O)NC(CCCCN)C(=O)CC(Cc1ccccc1)CN(CC(C)=O)S(=O)(=O)Cc1ccccc1)S(=O)(=O)CCN. The van der Waals surface area contributed by atoms with Gasteiger partial charge >= 0.3 is 0 Å². The van der Waals surface area contributed by atoms with Crippen molar-refractivity contribution in [2.45, 2.75) is 116 Å². The summed E-state index contributed by atoms with van der Waals surface area (Å²) in [5, 5.41) is 5.94. The number of carbonyl (C=O) groups is 4. The van der Waals surface area contributed by atoms with Crippen LogP contribution in [0.1, 0.15) is 102 Å². The summed E-state index contributed by atoms with van der Waals surface area (Å²) < 4.78 is 57.7. The Morgan fingerprint density at radius 2 is 1.20 bits per heavy atom. The molecule has 0 radical (unpaired) electrons. The standard InChI is InChI=1S/C49H74N6O8S2/c1-4-6-7-17-26-44(5-2)49(59)52-45(32-41-22-13-9-14-23-41)36-55(64(60,61)30-29-51)37-48(58)53-46(27-18-19-28-50)47(57)33-43(31-40-20-11-8-12-21-40)35-54(34-39(3)56)65(62,63)38-42-24-15-10-16-25-42/h8-16,20-25,43-46H,4-7,17-19,26-38,50-51H2,1-3H3,(H,52,59)(H,53,58). The van der Waals surface area contributed by atoms with Gasteiger partial charge in [0.05, 0.1) is 30.6 Å². The number of unbranched alkanes of at least 4 members (excludes halogenated alkanes) is 4. The maximum atomic E-state index is 14.4. The summed E-state index contributed by atoms with van der Waals surface area (Å²) in [6.07, 6.45) is 7.14. The molecule has 2 amide bonds. The van der Waals surface area contributed by atoms with Crippen LogP contribution in [0.25, 0.3) is 0 Å². The number of sulfonamides is 2. The van der Waals surface area contributed by atoms with Crippen LogP contribution in [0.3, 0.4) is 0 Å². The van der Waals surface area contributed by atoms with Gasteiger partial charge in [0.15, 0.2) is 5.78 Å². The number of ketones is 2. The molecule has 0 aliphatic rings. The third-order valence-corrected chi connectivity index (χ3v) is 15.0. The summed E-state index contributed by atoms with van der Waals surface area (Å²) in [6, 6.07) is 25.6. The van der Waals surface area contributed by atoms with Gasteiger partial charge in [-0.2, -0.15) is 8.61 Å². The highest BCUT2D eigenvalue weighted by atomic mass is 32.2. The Bertz CT molecular complexity index is 2090. The fourth-order valence-corrected chi connectivity index (χ4v) is 10.9. The molecule has 0 fully saturated rings. The number of rotatable bonds is 34. The minimum absolute atomic E-state index is 0.129. The van der Waals surface area contributed by atoms with Crippen LogP contribution in [0.2, 0.25) is 0 Å². The van der Waals surface area contributed by atoms with Crippen molar-refractivity contribution < 1.29 is 36.0 Å². The molecule has 0 aliphatic carbocycles. The van der Waals surface area contributed by atoms with Crippen molar-refractivity contribution >= 4 is 43.4 Å². The van der Waals surface area contributed by atoms with Crippen molar-refractivity contribution in [3.8, 4) is 0 Å². The molecular formula is C49H74N6O8S2. The van der Waals surface area contributed by atoms with Crippen LogP contribution < -0.4 is 22.1 Å². The van der Waals surface area contributed by atoms with Gasteiger partial charge in [-0.25, -0.2) is 16.8 Å². The zero-order valence-electron chi connectivity index (χ0n) is 38.7. The van der Waals surface area contributed by atoms with Crippen LogP contribution in [0.15, 0.2) is 91.0 Å². The topological polar surface area (TPSA) is 219 Å². The van der Waals surface area contributed by atoms with Gasteiger partial charge in [-0.05, 0) is 81.0 Å². The van der Waals surface area contributed by atoms with E-state index < -0.39 is 56.3 Å². The van der Waals surface area contributed by atoms with Crippen LogP contribution in [0.5, 0.6) is 0 Å². The molecule has 0 spiro atoms. The third-order valence-electron chi connectivity index (χ3n) is 11.4. The van der Waals surface area contributed by atoms with E-state index in [9.17, 15) is 36.0 Å². The van der Waals surface area contributed by atoms with Crippen LogP contribution >= 0.6 is 0 Å². The number of hydrogen-bond donors (Lipinski definition) is 4. The van der Waals surface area contributed by atoms with E-state index in [0.29, 0.717) is 50.6 Å². The Balaban J connectivity index is 1.92. The van der Waals surface area contributed by atoms with E-state index in [1.807, 2.05) is 67.6 Å². The molecule has 0 saturated carbocycles. The maximum Gasteiger partial charge on any atom is 0.235 e. The lowest BCUT2D eigenvalue weighted by molar-refractivity contribution is -0.128. The molecule has 3 aromatic rings. The first-order valence-electron chi connectivity index (χ1n) is 23.2. The van der Waals surface area contributed by atoms with Crippen LogP contribution in [-0.4, -0.2) is 106 Å². The zero-order chi connectivity index (χ0) is 47.7. The average Bonchev–Trinajstić information content (AvgIpc) is 3.26. The van der Waals surface area contributed by atoms with Gasteiger partial charge in [0.1, 0.15) is 5.78 Å². The Morgan fingerprint density at radius 3 is 1.75 bits per heavy atom. The molecule has 4 unspecified atom stereocenters. The lowest BCUT2D eigenvalue weighted by atomic mass is 9.90. The zero-order valence-corrected chi connectivity index (χ0v) is 40.4. The normalized spacial score (nSPS) is 13.8. The number of nitrogens with zero attached hydrogens (tertiary/aromatic N) is 2. The molecule has 0 bridgehead atoms. The molecule has 14 nitrogen and oxygen atoms in total. The molecule has 65 heavy (non-hydrogen) atoms. The lowest BCUT2D eigenvalue weighted by Gasteiger charge is -2.30. The summed E-state index contributed by atoms with van der Waals surface area (Å²) >= 11 is 0. The monoisotopic (exact) mass is 939 g/mol. The molecule has 16 heteroatoms. The van der Waals surface area contributed by atoms with Gasteiger partial charge in [0.25, 0.3) is 0 Å². The second-order valence-electron chi connectivity index (χ2n) is 17.1. The van der Waals surface area contributed by atoms with Crippen LogP contribution in [-0.2, 0) is 57.8 Å². The van der Waals surface area contributed by atoms with E-state index in [1.165, 1.54) is 6.92 Å². The van der Waals surface area contributed by atoms with E-state index in [1.54, 1.807) is 30.3 Å². The highest BCUT2D eigenvalue weighted by Gasteiger charge is 2.33. The number of nitrogens with one attached hydrogen (secondary N) is 2. The Labute approximate surface area is 388 Å². The van der Waals surface area contributed by atoms with E-state index in [2.05, 4.69) is 17.6 Å². The van der Waals surface area contributed by atoms with Crippen molar-refractivity contribution in [1.29, 1.82) is 0 Å². The highest BCUT2D eigenvalue weighted by Crippen LogP contribution is 2.22. The second kappa shape index (κ2) is 29.3. The minimum Gasteiger partial charge on any atom is -0.351 e. The van der Waals surface area contributed by atoms with Gasteiger partial charge in [-0.3, -0.25) is 19.2 Å². The van der Waals surface area contributed by atoms with E-state index in [4.69, 9.17) is 11.5 Å². The minimum atomic E-state index is -4.12. The van der Waals surface area contributed by atoms with Gasteiger partial charge < -0.3 is 22.1 Å². The summed E-state index contributed by atoms with van der Waals surface area (Å²) in [6.45, 7) is 4.22. The van der Waals surface area contributed by atoms with Crippen molar-refractivity contribution in [2.75, 3.05) is 45.0 Å². The summed E-state index contributed by atoms with van der Waals surface area (Å²) in [5.41, 5.74) is 13.9.